The first kappa shape index (κ1) is 17.9. The molecule has 3 aromatic rings. The number of halogens is 1. The monoisotopic (exact) mass is 378 g/mol. The number of amides is 2. The summed E-state index contributed by atoms with van der Waals surface area (Å²) >= 11 is 0. The van der Waals surface area contributed by atoms with Crippen molar-refractivity contribution in [2.24, 2.45) is 5.92 Å². The maximum Gasteiger partial charge on any atom is 0.273 e. The fourth-order valence-corrected chi connectivity index (χ4v) is 2.82. The number of carbonyl (C=O) groups is 2. The predicted molar refractivity (Wildman–Crippen MR) is 102 cm³/mol. The maximum atomic E-state index is 13.2. The van der Waals surface area contributed by atoms with E-state index in [2.05, 4.69) is 16.0 Å². The van der Waals surface area contributed by atoms with Crippen LogP contribution in [0.15, 0.2) is 54.7 Å². The van der Waals surface area contributed by atoms with E-state index in [-0.39, 0.29) is 17.6 Å². The van der Waals surface area contributed by atoms with Crippen LogP contribution in [0.5, 0.6) is 0 Å². The molecule has 2 N–H and O–H groups in total. The van der Waals surface area contributed by atoms with Gasteiger partial charge in [-0.1, -0.05) is 29.8 Å². The molecule has 0 aliphatic heterocycles. The summed E-state index contributed by atoms with van der Waals surface area (Å²) < 4.78 is 14.8. The number of benzene rings is 2. The summed E-state index contributed by atoms with van der Waals surface area (Å²) in [6, 6.07) is 13.5. The number of hydrogen-bond donors (Lipinski definition) is 2. The zero-order valence-corrected chi connectivity index (χ0v) is 15.3. The van der Waals surface area contributed by atoms with Gasteiger partial charge in [0.05, 0.1) is 11.3 Å². The molecule has 0 radical (unpaired) electrons. The van der Waals surface area contributed by atoms with E-state index in [0.717, 1.165) is 24.0 Å². The van der Waals surface area contributed by atoms with Crippen molar-refractivity contribution >= 4 is 11.8 Å². The van der Waals surface area contributed by atoms with Gasteiger partial charge in [-0.25, -0.2) is 9.07 Å². The summed E-state index contributed by atoms with van der Waals surface area (Å²) in [4.78, 5) is 24.5. The van der Waals surface area contributed by atoms with Gasteiger partial charge in [0.15, 0.2) is 0 Å². The van der Waals surface area contributed by atoms with E-state index in [4.69, 9.17) is 0 Å². The highest BCUT2D eigenvalue weighted by atomic mass is 19.1. The second kappa shape index (κ2) is 7.26. The Hall–Kier alpha value is -3.48. The van der Waals surface area contributed by atoms with Gasteiger partial charge in [0.25, 0.3) is 5.91 Å². The minimum Gasteiger partial charge on any atom is -0.273 e. The number of rotatable bonds is 4. The second-order valence-corrected chi connectivity index (χ2v) is 6.90. The van der Waals surface area contributed by atoms with Crippen LogP contribution in [0.3, 0.4) is 0 Å². The first-order valence-electron chi connectivity index (χ1n) is 9.04. The number of nitrogens with one attached hydrogen (secondary N) is 2. The molecule has 0 spiro atoms. The lowest BCUT2D eigenvalue weighted by Gasteiger charge is -2.07. The van der Waals surface area contributed by atoms with Crippen molar-refractivity contribution in [2.75, 3.05) is 0 Å². The minimum absolute atomic E-state index is 0.0150. The summed E-state index contributed by atoms with van der Waals surface area (Å²) in [6.07, 6.45) is 3.26. The third-order valence-electron chi connectivity index (χ3n) is 4.62. The first-order valence-corrected chi connectivity index (χ1v) is 9.04. The van der Waals surface area contributed by atoms with Crippen LogP contribution >= 0.6 is 0 Å². The zero-order valence-electron chi connectivity index (χ0n) is 15.3. The van der Waals surface area contributed by atoms with Crippen molar-refractivity contribution in [3.63, 3.8) is 0 Å². The molecular formula is C21H19FN4O2. The summed E-state index contributed by atoms with van der Waals surface area (Å²) in [7, 11) is 0. The average molecular weight is 378 g/mol. The molecule has 0 unspecified atom stereocenters. The van der Waals surface area contributed by atoms with Gasteiger partial charge in [0, 0.05) is 17.7 Å². The number of carbonyl (C=O) groups excluding carboxylic acids is 2. The molecular weight excluding hydrogens is 359 g/mol. The molecule has 4 rings (SSSR count). The molecule has 0 saturated heterocycles. The Bertz CT molecular complexity index is 1020. The van der Waals surface area contributed by atoms with Gasteiger partial charge in [-0.15, -0.1) is 0 Å². The first-order chi connectivity index (χ1) is 13.5. The van der Waals surface area contributed by atoms with Crippen LogP contribution in [0, 0.1) is 18.7 Å². The lowest BCUT2D eigenvalue weighted by Crippen LogP contribution is -2.42. The molecule has 2 amide bonds. The van der Waals surface area contributed by atoms with E-state index in [1.165, 1.54) is 16.8 Å². The van der Waals surface area contributed by atoms with Crippen LogP contribution < -0.4 is 10.9 Å². The molecule has 1 aliphatic rings. The molecule has 1 saturated carbocycles. The Kier molecular flexibility index (Phi) is 4.65. The number of hydrazine groups is 1. The SMILES string of the molecule is Cc1ccc(-c2nn(-c3ccc(F)cc3)cc2C(=O)NNC(=O)C2CC2)cc1. The number of aryl methyl sites for hydroxylation is 1. The molecule has 1 fully saturated rings. The Morgan fingerprint density at radius 1 is 1.04 bits per heavy atom. The molecule has 142 valence electrons. The molecule has 1 heterocycles. The van der Waals surface area contributed by atoms with Gasteiger partial charge in [0.1, 0.15) is 11.5 Å². The van der Waals surface area contributed by atoms with Crippen LogP contribution in [-0.4, -0.2) is 21.6 Å². The highest BCUT2D eigenvalue weighted by Gasteiger charge is 2.30. The molecule has 0 bridgehead atoms. The van der Waals surface area contributed by atoms with Crippen molar-refractivity contribution in [3.8, 4) is 16.9 Å². The molecule has 1 aromatic heterocycles. The summed E-state index contributed by atoms with van der Waals surface area (Å²) in [5.74, 6) is -1.01. The lowest BCUT2D eigenvalue weighted by molar-refractivity contribution is -0.123. The minimum atomic E-state index is -0.460. The van der Waals surface area contributed by atoms with Gasteiger partial charge in [-0.2, -0.15) is 5.10 Å². The van der Waals surface area contributed by atoms with E-state index in [9.17, 15) is 14.0 Å². The Morgan fingerprint density at radius 2 is 1.71 bits per heavy atom. The van der Waals surface area contributed by atoms with Crippen LogP contribution in [0.4, 0.5) is 4.39 Å². The Morgan fingerprint density at radius 3 is 2.36 bits per heavy atom. The van der Waals surface area contributed by atoms with E-state index in [1.54, 1.807) is 18.3 Å². The van der Waals surface area contributed by atoms with E-state index < -0.39 is 5.91 Å². The van der Waals surface area contributed by atoms with Gasteiger partial charge < -0.3 is 0 Å². The fourth-order valence-electron chi connectivity index (χ4n) is 2.82. The van der Waals surface area contributed by atoms with Crippen LogP contribution in [0.1, 0.15) is 28.8 Å². The van der Waals surface area contributed by atoms with Crippen molar-refractivity contribution < 1.29 is 14.0 Å². The zero-order chi connectivity index (χ0) is 19.7. The number of nitrogens with zero attached hydrogens (tertiary/aromatic N) is 2. The highest BCUT2D eigenvalue weighted by Crippen LogP contribution is 2.28. The van der Waals surface area contributed by atoms with E-state index >= 15 is 0 Å². The summed E-state index contributed by atoms with van der Waals surface area (Å²) in [5, 5.41) is 4.53. The standard InChI is InChI=1S/C21H19FN4O2/c1-13-2-4-14(5-3-13)19-18(21(28)24-23-20(27)15-6-7-15)12-26(25-19)17-10-8-16(22)9-11-17/h2-5,8-12,15H,6-7H2,1H3,(H,23,27)(H,24,28). The number of aromatic nitrogens is 2. The molecule has 7 heteroatoms. The third kappa shape index (κ3) is 3.78. The summed E-state index contributed by atoms with van der Waals surface area (Å²) in [5.41, 5.74) is 8.19. The fraction of sp³-hybridized carbons (Fsp3) is 0.190. The van der Waals surface area contributed by atoms with Crippen LogP contribution in [-0.2, 0) is 4.79 Å². The highest BCUT2D eigenvalue weighted by molar-refractivity contribution is 6.00. The normalized spacial score (nSPS) is 13.2. The predicted octanol–water partition coefficient (Wildman–Crippen LogP) is 3.16. The smallest absolute Gasteiger partial charge is 0.273 e. The molecule has 1 aliphatic carbocycles. The van der Waals surface area contributed by atoms with Crippen LogP contribution in [0.2, 0.25) is 0 Å². The maximum absolute atomic E-state index is 13.2. The molecule has 6 nitrogen and oxygen atoms in total. The van der Waals surface area contributed by atoms with Crippen molar-refractivity contribution in [1.29, 1.82) is 0 Å². The lowest BCUT2D eigenvalue weighted by atomic mass is 10.1. The second-order valence-electron chi connectivity index (χ2n) is 6.90. The van der Waals surface area contributed by atoms with Crippen molar-refractivity contribution in [1.82, 2.24) is 20.6 Å². The van der Waals surface area contributed by atoms with Crippen LogP contribution in [0.25, 0.3) is 16.9 Å². The van der Waals surface area contributed by atoms with Gasteiger partial charge >= 0.3 is 0 Å². The molecule has 0 atom stereocenters. The molecule has 28 heavy (non-hydrogen) atoms. The Labute approximate surface area is 161 Å². The number of hydrogen-bond acceptors (Lipinski definition) is 3. The summed E-state index contributed by atoms with van der Waals surface area (Å²) in [6.45, 7) is 1.97. The van der Waals surface area contributed by atoms with Gasteiger partial charge in [0.2, 0.25) is 5.91 Å². The van der Waals surface area contributed by atoms with E-state index in [1.807, 2.05) is 31.2 Å². The van der Waals surface area contributed by atoms with Gasteiger partial charge in [-0.3, -0.25) is 20.4 Å². The van der Waals surface area contributed by atoms with E-state index in [0.29, 0.717) is 16.9 Å². The topological polar surface area (TPSA) is 76.0 Å². The van der Waals surface area contributed by atoms with Crippen molar-refractivity contribution in [3.05, 3.63) is 71.7 Å². The quantitative estimate of drug-likeness (QED) is 0.685. The average Bonchev–Trinajstić information content (AvgIpc) is 3.46. The molecule has 2 aromatic carbocycles. The Balaban J connectivity index is 1.67. The van der Waals surface area contributed by atoms with Gasteiger partial charge in [-0.05, 0) is 44.0 Å². The largest absolute Gasteiger partial charge is 0.273 e. The third-order valence-corrected chi connectivity index (χ3v) is 4.62. The van der Waals surface area contributed by atoms with Crippen molar-refractivity contribution in [2.45, 2.75) is 19.8 Å².